The predicted octanol–water partition coefficient (Wildman–Crippen LogP) is 2.08. The molecule has 2 atom stereocenters. The second-order valence-electron chi connectivity index (χ2n) is 6.38. The highest BCUT2D eigenvalue weighted by Gasteiger charge is 2.48. The molecule has 0 unspecified atom stereocenters. The van der Waals surface area contributed by atoms with Crippen molar-refractivity contribution in [2.75, 3.05) is 20.2 Å². The highest BCUT2D eigenvalue weighted by atomic mass is 16.5. The fourth-order valence-electron chi connectivity index (χ4n) is 3.52. The molecule has 0 spiro atoms. The third-order valence-corrected chi connectivity index (χ3v) is 4.91. The fourth-order valence-corrected chi connectivity index (χ4v) is 3.52. The number of aliphatic hydroxyl groups is 1. The van der Waals surface area contributed by atoms with Crippen LogP contribution in [-0.4, -0.2) is 53.3 Å². The Hall–Kier alpha value is -2.08. The van der Waals surface area contributed by atoms with Gasteiger partial charge in [-0.3, -0.25) is 9.59 Å². The summed E-state index contributed by atoms with van der Waals surface area (Å²) >= 11 is 0. The molecule has 1 aromatic rings. The van der Waals surface area contributed by atoms with Crippen LogP contribution >= 0.6 is 0 Å². The minimum absolute atomic E-state index is 0.0161. The van der Waals surface area contributed by atoms with Crippen molar-refractivity contribution in [2.45, 2.75) is 39.2 Å². The van der Waals surface area contributed by atoms with E-state index in [1.807, 2.05) is 19.9 Å². The Labute approximate surface area is 142 Å². The van der Waals surface area contributed by atoms with E-state index in [4.69, 9.17) is 4.74 Å². The number of piperidine rings is 1. The number of benzene rings is 1. The normalized spacial score (nSPS) is 23.8. The van der Waals surface area contributed by atoms with Crippen molar-refractivity contribution in [3.8, 4) is 5.75 Å². The molecule has 1 aromatic carbocycles. The summed E-state index contributed by atoms with van der Waals surface area (Å²) < 4.78 is 5.33. The zero-order valence-corrected chi connectivity index (χ0v) is 14.4. The molecule has 1 saturated heterocycles. The molecule has 2 rings (SSSR count). The molecule has 24 heavy (non-hydrogen) atoms. The van der Waals surface area contributed by atoms with Crippen molar-refractivity contribution in [3.63, 3.8) is 0 Å². The zero-order valence-electron chi connectivity index (χ0n) is 14.4. The molecular weight excluding hydrogens is 310 g/mol. The smallest absolute Gasteiger partial charge is 0.312 e. The van der Waals surface area contributed by atoms with Crippen LogP contribution < -0.4 is 4.74 Å². The molecule has 6 heteroatoms. The van der Waals surface area contributed by atoms with E-state index in [1.54, 1.807) is 12.1 Å². The Bertz CT molecular complexity index is 630. The molecule has 6 nitrogen and oxygen atoms in total. The lowest BCUT2D eigenvalue weighted by Crippen LogP contribution is -2.56. The molecule has 1 aliphatic heterocycles. The summed E-state index contributed by atoms with van der Waals surface area (Å²) in [4.78, 5) is 26.0. The SMILES string of the molecule is CCC[C@]1(C(=O)O)CCN(C(=O)c2cccc(C)c2OC)C[C@@H]1O. The average Bonchev–Trinajstić information content (AvgIpc) is 2.55. The Kier molecular flexibility index (Phi) is 5.49. The molecule has 0 aromatic heterocycles. The zero-order chi connectivity index (χ0) is 17.9. The van der Waals surface area contributed by atoms with Crippen LogP contribution in [0.2, 0.25) is 0 Å². The number of hydrogen-bond acceptors (Lipinski definition) is 4. The van der Waals surface area contributed by atoms with E-state index in [-0.39, 0.29) is 18.9 Å². The summed E-state index contributed by atoms with van der Waals surface area (Å²) in [5.74, 6) is -0.720. The number of carboxylic acids is 1. The van der Waals surface area contributed by atoms with Gasteiger partial charge in [0.25, 0.3) is 5.91 Å². The van der Waals surface area contributed by atoms with Crippen LogP contribution in [0.15, 0.2) is 18.2 Å². The monoisotopic (exact) mass is 335 g/mol. The number of hydrogen-bond donors (Lipinski definition) is 2. The van der Waals surface area contributed by atoms with E-state index in [0.717, 1.165) is 5.56 Å². The molecule has 132 valence electrons. The lowest BCUT2D eigenvalue weighted by atomic mass is 9.72. The summed E-state index contributed by atoms with van der Waals surface area (Å²) in [7, 11) is 1.51. The van der Waals surface area contributed by atoms with Gasteiger partial charge in [0.1, 0.15) is 5.75 Å². The minimum Gasteiger partial charge on any atom is -0.496 e. The van der Waals surface area contributed by atoms with Crippen LogP contribution in [0.1, 0.15) is 42.1 Å². The van der Waals surface area contributed by atoms with Gasteiger partial charge in [-0.15, -0.1) is 0 Å². The maximum atomic E-state index is 12.8. The van der Waals surface area contributed by atoms with Crippen molar-refractivity contribution < 1.29 is 24.5 Å². The van der Waals surface area contributed by atoms with Crippen LogP contribution in [0.3, 0.4) is 0 Å². The second-order valence-corrected chi connectivity index (χ2v) is 6.38. The number of β-amino-alcohol motifs (C(OH)–C–C–N with tert-alkyl or cyclic N) is 1. The maximum Gasteiger partial charge on any atom is 0.312 e. The van der Waals surface area contributed by atoms with Gasteiger partial charge in [-0.2, -0.15) is 0 Å². The number of para-hydroxylation sites is 1. The first-order valence-corrected chi connectivity index (χ1v) is 8.21. The highest BCUT2D eigenvalue weighted by molar-refractivity contribution is 5.97. The molecule has 1 amide bonds. The number of likely N-dealkylation sites (tertiary alicyclic amines) is 1. The first-order valence-electron chi connectivity index (χ1n) is 8.21. The number of amides is 1. The average molecular weight is 335 g/mol. The fraction of sp³-hybridized carbons (Fsp3) is 0.556. The number of ether oxygens (including phenoxy) is 1. The van der Waals surface area contributed by atoms with Crippen LogP contribution in [-0.2, 0) is 4.79 Å². The number of carbonyl (C=O) groups is 2. The maximum absolute atomic E-state index is 12.8. The predicted molar refractivity (Wildman–Crippen MR) is 89.2 cm³/mol. The molecule has 1 aliphatic rings. The lowest BCUT2D eigenvalue weighted by molar-refractivity contribution is -0.162. The van der Waals surface area contributed by atoms with Gasteiger partial charge in [0, 0.05) is 13.1 Å². The van der Waals surface area contributed by atoms with Crippen molar-refractivity contribution in [2.24, 2.45) is 5.41 Å². The topological polar surface area (TPSA) is 87.1 Å². The first-order chi connectivity index (χ1) is 11.4. The Morgan fingerprint density at radius 3 is 2.67 bits per heavy atom. The number of carboxylic acid groups (broad SMARTS) is 1. The standard InChI is InChI=1S/C18H25NO5/c1-4-8-18(17(22)23)9-10-19(11-14(18)20)16(21)13-7-5-6-12(2)15(13)24-3/h5-7,14,20H,4,8-11H2,1-3H3,(H,22,23)/t14-,18-/m0/s1. The minimum atomic E-state index is -1.16. The number of aryl methyl sites for hydroxylation is 1. The molecular formula is C18H25NO5. The number of methoxy groups -OCH3 is 1. The number of rotatable bonds is 5. The van der Waals surface area contributed by atoms with Gasteiger partial charge in [-0.1, -0.05) is 25.5 Å². The third-order valence-electron chi connectivity index (χ3n) is 4.91. The summed E-state index contributed by atoms with van der Waals surface area (Å²) in [6.07, 6.45) is 0.239. The summed E-state index contributed by atoms with van der Waals surface area (Å²) in [5.41, 5.74) is 0.122. The van der Waals surface area contributed by atoms with Crippen molar-refractivity contribution in [1.82, 2.24) is 4.90 Å². The summed E-state index contributed by atoms with van der Waals surface area (Å²) in [6.45, 7) is 4.07. The molecule has 0 radical (unpaired) electrons. The van der Waals surface area contributed by atoms with Gasteiger partial charge < -0.3 is 19.8 Å². The third kappa shape index (κ3) is 3.11. The van der Waals surface area contributed by atoms with Gasteiger partial charge >= 0.3 is 5.97 Å². The summed E-state index contributed by atoms with van der Waals surface area (Å²) in [5, 5.41) is 20.0. The number of aliphatic carboxylic acids is 1. The van der Waals surface area contributed by atoms with E-state index in [9.17, 15) is 19.8 Å². The van der Waals surface area contributed by atoms with Crippen LogP contribution in [0.25, 0.3) is 0 Å². The van der Waals surface area contributed by atoms with E-state index in [2.05, 4.69) is 0 Å². The van der Waals surface area contributed by atoms with E-state index >= 15 is 0 Å². The Balaban J connectivity index is 2.23. The molecule has 2 N–H and O–H groups in total. The van der Waals surface area contributed by atoms with Gasteiger partial charge in [-0.05, 0) is 31.4 Å². The van der Waals surface area contributed by atoms with E-state index in [1.165, 1.54) is 12.0 Å². The molecule has 1 heterocycles. The number of nitrogens with zero attached hydrogens (tertiary/aromatic N) is 1. The van der Waals surface area contributed by atoms with Crippen LogP contribution in [0.4, 0.5) is 0 Å². The molecule has 0 saturated carbocycles. The molecule has 0 bridgehead atoms. The van der Waals surface area contributed by atoms with Gasteiger partial charge in [0.15, 0.2) is 0 Å². The molecule has 1 fully saturated rings. The highest BCUT2D eigenvalue weighted by Crippen LogP contribution is 2.37. The first kappa shape index (κ1) is 18.3. The quantitative estimate of drug-likeness (QED) is 0.860. The summed E-state index contributed by atoms with van der Waals surface area (Å²) in [6, 6.07) is 5.33. The van der Waals surface area contributed by atoms with Crippen LogP contribution in [0, 0.1) is 12.3 Å². The van der Waals surface area contributed by atoms with Gasteiger partial charge in [-0.25, -0.2) is 0 Å². The Morgan fingerprint density at radius 1 is 1.42 bits per heavy atom. The van der Waals surface area contributed by atoms with Crippen molar-refractivity contribution in [1.29, 1.82) is 0 Å². The largest absolute Gasteiger partial charge is 0.496 e. The van der Waals surface area contributed by atoms with Crippen molar-refractivity contribution >= 4 is 11.9 Å². The lowest BCUT2D eigenvalue weighted by Gasteiger charge is -2.42. The number of carbonyl (C=O) groups excluding carboxylic acids is 1. The molecule has 0 aliphatic carbocycles. The van der Waals surface area contributed by atoms with Gasteiger partial charge in [0.05, 0.1) is 24.2 Å². The second kappa shape index (κ2) is 7.21. The van der Waals surface area contributed by atoms with Crippen molar-refractivity contribution in [3.05, 3.63) is 29.3 Å². The van der Waals surface area contributed by atoms with Gasteiger partial charge in [0.2, 0.25) is 0 Å². The van der Waals surface area contributed by atoms with E-state index in [0.29, 0.717) is 30.7 Å². The Morgan fingerprint density at radius 2 is 2.12 bits per heavy atom. The number of aliphatic hydroxyl groups excluding tert-OH is 1. The van der Waals surface area contributed by atoms with E-state index < -0.39 is 17.5 Å². The van der Waals surface area contributed by atoms with Crippen LogP contribution in [0.5, 0.6) is 5.75 Å².